The van der Waals surface area contributed by atoms with Gasteiger partial charge in [-0.05, 0) is 55.5 Å². The highest BCUT2D eigenvalue weighted by Gasteiger charge is 2.23. The van der Waals surface area contributed by atoms with Crippen molar-refractivity contribution in [2.45, 2.75) is 51.3 Å². The highest BCUT2D eigenvalue weighted by Crippen LogP contribution is 2.21. The number of nitrogens with one attached hydrogen (secondary N) is 1. The highest BCUT2D eigenvalue weighted by atomic mass is 35.5. The molecule has 0 saturated heterocycles. The van der Waals surface area contributed by atoms with Crippen LogP contribution in [0, 0.1) is 11.6 Å². The molecule has 0 radical (unpaired) electrons. The summed E-state index contributed by atoms with van der Waals surface area (Å²) < 4.78 is 26.6. The first kappa shape index (κ1) is 23.5. The second-order valence-electron chi connectivity index (χ2n) is 7.27. The number of aryl methyl sites for hydroxylation is 1. The van der Waals surface area contributed by atoms with Crippen LogP contribution >= 0.6 is 12.4 Å². The SMILES string of the molecule is CCc1cccc(C(C)(C)NC[C@@H](O)[C@@H](N)Cc2cc(F)cc(F)c2)c1.Cl. The molecule has 0 amide bonds. The summed E-state index contributed by atoms with van der Waals surface area (Å²) in [5.41, 5.74) is 8.51. The summed E-state index contributed by atoms with van der Waals surface area (Å²) >= 11 is 0. The maximum Gasteiger partial charge on any atom is 0.126 e. The largest absolute Gasteiger partial charge is 0.390 e. The van der Waals surface area contributed by atoms with Crippen molar-refractivity contribution in [3.05, 3.63) is 70.8 Å². The molecular weight excluding hydrogens is 370 g/mol. The average Bonchev–Trinajstić information content (AvgIpc) is 2.58. The van der Waals surface area contributed by atoms with Crippen LogP contribution in [0.4, 0.5) is 8.78 Å². The summed E-state index contributed by atoms with van der Waals surface area (Å²) in [7, 11) is 0. The molecule has 2 atom stereocenters. The van der Waals surface area contributed by atoms with E-state index in [0.29, 0.717) is 5.56 Å². The second-order valence-corrected chi connectivity index (χ2v) is 7.27. The third-order valence-corrected chi connectivity index (χ3v) is 4.70. The lowest BCUT2D eigenvalue weighted by atomic mass is 9.91. The molecule has 2 aromatic carbocycles. The van der Waals surface area contributed by atoms with Gasteiger partial charge in [-0.2, -0.15) is 0 Å². The Morgan fingerprint density at radius 1 is 1.07 bits per heavy atom. The van der Waals surface area contributed by atoms with E-state index in [1.165, 1.54) is 17.7 Å². The smallest absolute Gasteiger partial charge is 0.126 e. The average molecular weight is 399 g/mol. The summed E-state index contributed by atoms with van der Waals surface area (Å²) in [6.07, 6.45) is 0.320. The van der Waals surface area contributed by atoms with E-state index < -0.39 is 23.8 Å². The van der Waals surface area contributed by atoms with Gasteiger partial charge in [0.2, 0.25) is 0 Å². The van der Waals surface area contributed by atoms with E-state index in [2.05, 4.69) is 24.4 Å². The van der Waals surface area contributed by atoms with Gasteiger partial charge in [-0.25, -0.2) is 8.78 Å². The molecule has 0 heterocycles. The molecule has 0 bridgehead atoms. The molecule has 0 unspecified atom stereocenters. The maximum atomic E-state index is 13.3. The monoisotopic (exact) mass is 398 g/mol. The molecule has 0 aliphatic heterocycles. The van der Waals surface area contributed by atoms with Crippen LogP contribution in [0.3, 0.4) is 0 Å². The van der Waals surface area contributed by atoms with Gasteiger partial charge in [0.1, 0.15) is 11.6 Å². The maximum absolute atomic E-state index is 13.3. The minimum atomic E-state index is -0.838. The number of benzene rings is 2. The number of rotatable bonds is 8. The summed E-state index contributed by atoms with van der Waals surface area (Å²) in [5.74, 6) is -1.28. The number of halogens is 3. The van der Waals surface area contributed by atoms with Gasteiger partial charge in [0.05, 0.1) is 6.10 Å². The summed E-state index contributed by atoms with van der Waals surface area (Å²) in [5, 5.41) is 13.7. The molecular formula is C21H29ClF2N2O. The van der Waals surface area contributed by atoms with E-state index in [1.807, 2.05) is 26.0 Å². The standard InChI is InChI=1S/C21H28F2N2O.ClH/c1-4-14-6-5-7-16(8-14)21(2,3)25-13-20(26)19(24)11-15-9-17(22)12-18(23)10-15;/h5-10,12,19-20,25-26H,4,11,13,24H2,1-3H3;1H/t19-,20+;/m0./s1. The van der Waals surface area contributed by atoms with Crippen LogP contribution in [0.1, 0.15) is 37.5 Å². The first-order valence-electron chi connectivity index (χ1n) is 8.94. The Morgan fingerprint density at radius 2 is 1.70 bits per heavy atom. The van der Waals surface area contributed by atoms with E-state index >= 15 is 0 Å². The molecule has 0 aliphatic carbocycles. The van der Waals surface area contributed by atoms with E-state index in [1.54, 1.807) is 0 Å². The molecule has 2 rings (SSSR count). The van der Waals surface area contributed by atoms with Crippen molar-refractivity contribution >= 4 is 12.4 Å². The quantitative estimate of drug-likeness (QED) is 0.635. The topological polar surface area (TPSA) is 58.3 Å². The molecule has 0 spiro atoms. The molecule has 0 aromatic heterocycles. The minimum Gasteiger partial charge on any atom is -0.390 e. The molecule has 0 fully saturated rings. The van der Waals surface area contributed by atoms with Gasteiger partial charge in [-0.1, -0.05) is 31.2 Å². The van der Waals surface area contributed by atoms with Gasteiger partial charge in [-0.3, -0.25) is 0 Å². The molecule has 27 heavy (non-hydrogen) atoms. The van der Waals surface area contributed by atoms with Crippen LogP contribution in [-0.2, 0) is 18.4 Å². The summed E-state index contributed by atoms with van der Waals surface area (Å²) in [6, 6.07) is 11.0. The van der Waals surface area contributed by atoms with Crippen LogP contribution in [-0.4, -0.2) is 23.8 Å². The van der Waals surface area contributed by atoms with Crippen molar-refractivity contribution in [1.82, 2.24) is 5.32 Å². The van der Waals surface area contributed by atoms with Gasteiger partial charge in [0.25, 0.3) is 0 Å². The van der Waals surface area contributed by atoms with Crippen molar-refractivity contribution in [1.29, 1.82) is 0 Å². The molecule has 150 valence electrons. The molecule has 0 saturated carbocycles. The van der Waals surface area contributed by atoms with Crippen molar-refractivity contribution in [2.75, 3.05) is 6.54 Å². The molecule has 0 aliphatic rings. The molecule has 4 N–H and O–H groups in total. The van der Waals surface area contributed by atoms with Crippen LogP contribution in [0.25, 0.3) is 0 Å². The Bertz CT molecular complexity index is 720. The van der Waals surface area contributed by atoms with E-state index in [-0.39, 0.29) is 30.9 Å². The molecule has 6 heteroatoms. The third kappa shape index (κ3) is 6.85. The Balaban J connectivity index is 0.00000364. The zero-order valence-electron chi connectivity index (χ0n) is 16.0. The number of aliphatic hydroxyl groups is 1. The van der Waals surface area contributed by atoms with Crippen LogP contribution in [0.15, 0.2) is 42.5 Å². The number of hydrogen-bond acceptors (Lipinski definition) is 3. The Hall–Kier alpha value is -1.53. The van der Waals surface area contributed by atoms with E-state index in [9.17, 15) is 13.9 Å². The number of aliphatic hydroxyl groups excluding tert-OH is 1. The van der Waals surface area contributed by atoms with Gasteiger partial charge < -0.3 is 16.2 Å². The lowest BCUT2D eigenvalue weighted by Crippen LogP contribution is -2.48. The van der Waals surface area contributed by atoms with E-state index in [4.69, 9.17) is 5.73 Å². The summed E-state index contributed by atoms with van der Waals surface area (Å²) in [6.45, 7) is 6.48. The fraction of sp³-hybridized carbons (Fsp3) is 0.429. The zero-order chi connectivity index (χ0) is 19.3. The predicted octanol–water partition coefficient (Wildman–Crippen LogP) is 3.70. The first-order chi connectivity index (χ1) is 12.2. The molecule has 2 aromatic rings. The van der Waals surface area contributed by atoms with Crippen LogP contribution in [0.5, 0.6) is 0 Å². The van der Waals surface area contributed by atoms with Crippen molar-refractivity contribution in [2.24, 2.45) is 5.73 Å². The fourth-order valence-electron chi connectivity index (χ4n) is 2.93. The van der Waals surface area contributed by atoms with Crippen molar-refractivity contribution in [3.63, 3.8) is 0 Å². The van der Waals surface area contributed by atoms with Gasteiger partial charge in [-0.15, -0.1) is 12.4 Å². The van der Waals surface area contributed by atoms with Crippen LogP contribution < -0.4 is 11.1 Å². The Labute approximate surface area is 166 Å². The predicted molar refractivity (Wildman–Crippen MR) is 108 cm³/mol. The second kappa shape index (κ2) is 10.1. The number of hydrogen-bond donors (Lipinski definition) is 3. The lowest BCUT2D eigenvalue weighted by molar-refractivity contribution is 0.131. The van der Waals surface area contributed by atoms with Gasteiger partial charge in [0.15, 0.2) is 0 Å². The minimum absolute atomic E-state index is 0. The highest BCUT2D eigenvalue weighted by molar-refractivity contribution is 5.85. The van der Waals surface area contributed by atoms with Crippen LogP contribution in [0.2, 0.25) is 0 Å². The van der Waals surface area contributed by atoms with Crippen molar-refractivity contribution < 1.29 is 13.9 Å². The first-order valence-corrected chi connectivity index (χ1v) is 8.94. The summed E-state index contributed by atoms with van der Waals surface area (Å²) in [4.78, 5) is 0. The number of nitrogens with two attached hydrogens (primary N) is 1. The molecule has 3 nitrogen and oxygen atoms in total. The Morgan fingerprint density at radius 3 is 2.30 bits per heavy atom. The Kier molecular flexibility index (Phi) is 8.82. The third-order valence-electron chi connectivity index (χ3n) is 4.70. The normalized spacial score (nSPS) is 13.7. The van der Waals surface area contributed by atoms with Gasteiger partial charge >= 0.3 is 0 Å². The van der Waals surface area contributed by atoms with Crippen molar-refractivity contribution in [3.8, 4) is 0 Å². The zero-order valence-corrected chi connectivity index (χ0v) is 16.8. The van der Waals surface area contributed by atoms with E-state index in [0.717, 1.165) is 18.1 Å². The fourth-order valence-corrected chi connectivity index (χ4v) is 2.93. The lowest BCUT2D eigenvalue weighted by Gasteiger charge is -2.30. The van der Waals surface area contributed by atoms with Gasteiger partial charge in [0, 0.05) is 24.2 Å².